The fourth-order valence-corrected chi connectivity index (χ4v) is 2.60. The molecule has 0 fully saturated rings. The van der Waals surface area contributed by atoms with Crippen LogP contribution in [0.15, 0.2) is 67.0 Å². The van der Waals surface area contributed by atoms with Crippen LogP contribution < -0.4 is 4.90 Å². The van der Waals surface area contributed by atoms with Crippen molar-refractivity contribution in [2.24, 2.45) is 0 Å². The topological polar surface area (TPSA) is 41.9 Å². The molecular formula is C18H17ClN4. The summed E-state index contributed by atoms with van der Waals surface area (Å²) in [4.78, 5) is 14.6. The lowest BCUT2D eigenvalue weighted by atomic mass is 10.1. The van der Waals surface area contributed by atoms with Crippen molar-refractivity contribution >= 4 is 17.5 Å². The van der Waals surface area contributed by atoms with E-state index in [9.17, 15) is 0 Å². The van der Waals surface area contributed by atoms with E-state index in [1.807, 2.05) is 36.4 Å². The molecule has 0 saturated heterocycles. The van der Waals surface area contributed by atoms with Crippen LogP contribution in [0.25, 0.3) is 0 Å². The van der Waals surface area contributed by atoms with Crippen LogP contribution in [0.2, 0.25) is 5.28 Å². The molecule has 0 aliphatic heterocycles. The second-order valence-electron chi connectivity index (χ2n) is 5.25. The molecule has 5 heteroatoms. The van der Waals surface area contributed by atoms with E-state index in [0.717, 1.165) is 0 Å². The van der Waals surface area contributed by atoms with Gasteiger partial charge in [0.1, 0.15) is 6.33 Å². The number of nitrogens with zero attached hydrogens (tertiary/aromatic N) is 4. The Balaban J connectivity index is 1.96. The average Bonchev–Trinajstić information content (AvgIpc) is 2.61. The molecule has 3 rings (SSSR count). The van der Waals surface area contributed by atoms with Gasteiger partial charge < -0.3 is 4.90 Å². The first-order valence-corrected chi connectivity index (χ1v) is 7.82. The zero-order valence-corrected chi connectivity index (χ0v) is 13.6. The zero-order chi connectivity index (χ0) is 16.1. The summed E-state index contributed by atoms with van der Waals surface area (Å²) in [5.74, 6) is 0.574. The van der Waals surface area contributed by atoms with Gasteiger partial charge in [-0.05, 0) is 29.7 Å². The van der Waals surface area contributed by atoms with E-state index in [-0.39, 0.29) is 11.3 Å². The summed E-state index contributed by atoms with van der Waals surface area (Å²) in [6, 6.07) is 20.6. The van der Waals surface area contributed by atoms with Crippen LogP contribution in [0.3, 0.4) is 0 Å². The van der Waals surface area contributed by atoms with Gasteiger partial charge in [-0.2, -0.15) is 4.98 Å². The highest BCUT2D eigenvalue weighted by atomic mass is 35.5. The highest BCUT2D eigenvalue weighted by molar-refractivity contribution is 6.28. The maximum Gasteiger partial charge on any atom is 0.230 e. The molecule has 0 saturated carbocycles. The Bertz CT molecular complexity index is 749. The molecule has 0 aliphatic carbocycles. The first kappa shape index (κ1) is 15.4. The number of benzene rings is 2. The molecule has 0 aliphatic rings. The minimum absolute atomic E-state index is 0.106. The molecular weight excluding hydrogens is 308 g/mol. The standard InChI is InChI=1S/C18H17ClN4/c1-14(16-10-6-3-7-11-16)23(12-15-8-4-2-5-9-15)18-21-13-20-17(19)22-18/h2-11,13-14H,12H2,1H3. The van der Waals surface area contributed by atoms with Gasteiger partial charge in [-0.15, -0.1) is 0 Å². The summed E-state index contributed by atoms with van der Waals surface area (Å²) in [6.07, 6.45) is 1.44. The molecule has 1 aromatic heterocycles. The number of hydrogen-bond acceptors (Lipinski definition) is 4. The van der Waals surface area contributed by atoms with Crippen LogP contribution in [0.1, 0.15) is 24.1 Å². The second-order valence-corrected chi connectivity index (χ2v) is 5.59. The summed E-state index contributed by atoms with van der Waals surface area (Å²) in [5.41, 5.74) is 2.38. The van der Waals surface area contributed by atoms with Gasteiger partial charge in [0.05, 0.1) is 6.04 Å². The maximum absolute atomic E-state index is 5.95. The number of anilines is 1. The van der Waals surface area contributed by atoms with E-state index in [0.29, 0.717) is 12.5 Å². The molecule has 116 valence electrons. The van der Waals surface area contributed by atoms with E-state index < -0.39 is 0 Å². The number of halogens is 1. The Morgan fingerprint density at radius 2 is 1.61 bits per heavy atom. The molecule has 2 aromatic carbocycles. The van der Waals surface area contributed by atoms with Crippen LogP contribution in [0.4, 0.5) is 5.95 Å². The summed E-state index contributed by atoms with van der Waals surface area (Å²) in [5, 5.41) is 0.202. The van der Waals surface area contributed by atoms with E-state index in [1.165, 1.54) is 17.5 Å². The first-order chi connectivity index (χ1) is 11.2. The van der Waals surface area contributed by atoms with Gasteiger partial charge in [-0.1, -0.05) is 60.7 Å². The van der Waals surface area contributed by atoms with Crippen molar-refractivity contribution in [3.8, 4) is 0 Å². The van der Waals surface area contributed by atoms with Gasteiger partial charge in [-0.3, -0.25) is 0 Å². The lowest BCUT2D eigenvalue weighted by molar-refractivity contribution is 0.645. The van der Waals surface area contributed by atoms with Gasteiger partial charge in [0.25, 0.3) is 0 Å². The predicted octanol–water partition coefficient (Wildman–Crippen LogP) is 4.29. The van der Waals surface area contributed by atoms with Crippen LogP contribution in [-0.4, -0.2) is 15.0 Å². The zero-order valence-electron chi connectivity index (χ0n) is 12.8. The summed E-state index contributed by atoms with van der Waals surface area (Å²) < 4.78 is 0. The number of aromatic nitrogens is 3. The van der Waals surface area contributed by atoms with Crippen LogP contribution in [0, 0.1) is 0 Å². The van der Waals surface area contributed by atoms with E-state index in [1.54, 1.807) is 0 Å². The van der Waals surface area contributed by atoms with Gasteiger partial charge in [0, 0.05) is 6.54 Å². The largest absolute Gasteiger partial charge is 0.330 e. The van der Waals surface area contributed by atoms with Crippen molar-refractivity contribution < 1.29 is 0 Å². The van der Waals surface area contributed by atoms with Gasteiger partial charge in [-0.25, -0.2) is 9.97 Å². The predicted molar refractivity (Wildman–Crippen MR) is 92.3 cm³/mol. The highest BCUT2D eigenvalue weighted by Crippen LogP contribution is 2.26. The molecule has 1 unspecified atom stereocenters. The molecule has 0 bridgehead atoms. The van der Waals surface area contributed by atoms with E-state index in [2.05, 4.69) is 51.0 Å². The van der Waals surface area contributed by atoms with Crippen LogP contribution in [0.5, 0.6) is 0 Å². The summed E-state index contributed by atoms with van der Waals surface area (Å²) >= 11 is 5.95. The second kappa shape index (κ2) is 7.20. The minimum Gasteiger partial charge on any atom is -0.330 e. The van der Waals surface area contributed by atoms with Crippen molar-refractivity contribution in [3.05, 3.63) is 83.4 Å². The third kappa shape index (κ3) is 3.85. The molecule has 1 heterocycles. The molecule has 0 spiro atoms. The smallest absolute Gasteiger partial charge is 0.230 e. The summed E-state index contributed by atoms with van der Waals surface area (Å²) in [6.45, 7) is 2.83. The lowest BCUT2D eigenvalue weighted by Crippen LogP contribution is -2.28. The Labute approximate surface area is 140 Å². The van der Waals surface area contributed by atoms with E-state index >= 15 is 0 Å². The Hall–Kier alpha value is -2.46. The Kier molecular flexibility index (Phi) is 4.83. The molecule has 23 heavy (non-hydrogen) atoms. The van der Waals surface area contributed by atoms with Gasteiger partial charge >= 0.3 is 0 Å². The van der Waals surface area contributed by atoms with Crippen LogP contribution in [-0.2, 0) is 6.54 Å². The molecule has 0 amide bonds. The quantitative estimate of drug-likeness (QED) is 0.702. The molecule has 1 atom stereocenters. The average molecular weight is 325 g/mol. The minimum atomic E-state index is 0.106. The molecule has 4 nitrogen and oxygen atoms in total. The fraction of sp³-hybridized carbons (Fsp3) is 0.167. The Morgan fingerprint density at radius 3 is 2.26 bits per heavy atom. The highest BCUT2D eigenvalue weighted by Gasteiger charge is 2.19. The normalized spacial score (nSPS) is 11.9. The molecule has 0 radical (unpaired) electrons. The Morgan fingerprint density at radius 1 is 0.957 bits per heavy atom. The van der Waals surface area contributed by atoms with Gasteiger partial charge in [0.15, 0.2) is 0 Å². The molecule has 3 aromatic rings. The van der Waals surface area contributed by atoms with Gasteiger partial charge in [0.2, 0.25) is 11.2 Å². The first-order valence-electron chi connectivity index (χ1n) is 7.44. The number of hydrogen-bond donors (Lipinski definition) is 0. The van der Waals surface area contributed by atoms with E-state index in [4.69, 9.17) is 11.6 Å². The maximum atomic E-state index is 5.95. The SMILES string of the molecule is CC(c1ccccc1)N(Cc1ccccc1)c1ncnc(Cl)n1. The van der Waals surface area contributed by atoms with Crippen molar-refractivity contribution in [1.29, 1.82) is 0 Å². The fourth-order valence-electron chi connectivity index (χ4n) is 2.48. The lowest BCUT2D eigenvalue weighted by Gasteiger charge is -2.29. The summed E-state index contributed by atoms with van der Waals surface area (Å²) in [7, 11) is 0. The van der Waals surface area contributed by atoms with Crippen LogP contribution >= 0.6 is 11.6 Å². The third-order valence-electron chi connectivity index (χ3n) is 3.73. The number of rotatable bonds is 5. The van der Waals surface area contributed by atoms with Crippen molar-refractivity contribution in [3.63, 3.8) is 0 Å². The molecule has 0 N–H and O–H groups in total. The monoisotopic (exact) mass is 324 g/mol. The third-order valence-corrected chi connectivity index (χ3v) is 3.91. The van der Waals surface area contributed by atoms with Crippen molar-refractivity contribution in [2.45, 2.75) is 19.5 Å². The van der Waals surface area contributed by atoms with Crippen molar-refractivity contribution in [2.75, 3.05) is 4.90 Å². The van der Waals surface area contributed by atoms with Crippen molar-refractivity contribution in [1.82, 2.24) is 15.0 Å².